The van der Waals surface area contributed by atoms with Crippen LogP contribution in [0.15, 0.2) is 23.1 Å². The smallest absolute Gasteiger partial charge is 0.257 e. The number of nitrogens with one attached hydrogen (secondary N) is 1. The van der Waals surface area contributed by atoms with Gasteiger partial charge in [0.1, 0.15) is 5.75 Å². The maximum Gasteiger partial charge on any atom is 0.257 e. The van der Waals surface area contributed by atoms with Gasteiger partial charge in [0.2, 0.25) is 21.8 Å². The van der Waals surface area contributed by atoms with Crippen LogP contribution in [0.3, 0.4) is 0 Å². The number of nitrogens with zero attached hydrogens (tertiary/aromatic N) is 2. The van der Waals surface area contributed by atoms with Gasteiger partial charge in [-0.2, -0.15) is 0 Å². The molecule has 222 valence electrons. The standard InChI is InChI=1S/C29H44N4O6S/c1-18(2)24-10-8-19(3)12-28(35)33-16-20-13-21(25(33)6-5-7-27(34)31-24)17-32(15-20)29(36)23-14-22(40(30,37)38)9-11-26(23)39-4/h9,11,14,18-21,24-25H,5-8,10,12-13,15-17H2,1-4H3,(H,31,34)(H2,30,37,38)/t19-,20+,21-,24+,25+/m1/s1. The lowest BCUT2D eigenvalue weighted by Gasteiger charge is -2.51. The minimum Gasteiger partial charge on any atom is -0.496 e. The highest BCUT2D eigenvalue weighted by molar-refractivity contribution is 7.89. The fourth-order valence-electron chi connectivity index (χ4n) is 6.68. The van der Waals surface area contributed by atoms with Crippen LogP contribution in [0.4, 0.5) is 0 Å². The zero-order valence-electron chi connectivity index (χ0n) is 24.1. The van der Waals surface area contributed by atoms with Crippen molar-refractivity contribution in [2.45, 2.75) is 82.7 Å². The molecule has 1 aromatic rings. The molecule has 0 aliphatic carbocycles. The van der Waals surface area contributed by atoms with Crippen molar-refractivity contribution in [1.82, 2.24) is 15.1 Å². The lowest BCUT2D eigenvalue weighted by atomic mass is 9.77. The Morgan fingerprint density at radius 3 is 2.55 bits per heavy atom. The Kier molecular flexibility index (Phi) is 9.44. The van der Waals surface area contributed by atoms with E-state index in [4.69, 9.17) is 9.88 Å². The Labute approximate surface area is 238 Å². The van der Waals surface area contributed by atoms with E-state index in [0.29, 0.717) is 51.2 Å². The SMILES string of the molecule is COc1ccc(S(N)(=O)=O)cc1C(=O)N1C[C@@H]2C[C@H](C1)[C@@H]1CCCC(=O)N[C@H](C(C)C)CC[C@@H](C)CC(=O)N1C2. The van der Waals surface area contributed by atoms with E-state index in [9.17, 15) is 22.8 Å². The number of benzene rings is 1. The third-order valence-electron chi connectivity index (χ3n) is 8.85. The van der Waals surface area contributed by atoms with Crippen molar-refractivity contribution in [2.24, 2.45) is 28.8 Å². The molecule has 10 nitrogen and oxygen atoms in total. The highest BCUT2D eigenvalue weighted by atomic mass is 32.2. The van der Waals surface area contributed by atoms with Gasteiger partial charge in [-0.15, -0.1) is 0 Å². The van der Waals surface area contributed by atoms with Crippen LogP contribution in [0.25, 0.3) is 0 Å². The van der Waals surface area contributed by atoms with E-state index in [1.165, 1.54) is 25.3 Å². The molecule has 0 unspecified atom stereocenters. The average Bonchev–Trinajstić information content (AvgIpc) is 2.90. The van der Waals surface area contributed by atoms with E-state index in [0.717, 1.165) is 19.3 Å². The molecule has 11 heteroatoms. The third-order valence-corrected chi connectivity index (χ3v) is 9.77. The summed E-state index contributed by atoms with van der Waals surface area (Å²) in [7, 11) is -2.56. The van der Waals surface area contributed by atoms with Gasteiger partial charge in [-0.25, -0.2) is 13.6 Å². The van der Waals surface area contributed by atoms with E-state index in [1.807, 2.05) is 4.90 Å². The number of piperidine rings is 2. The van der Waals surface area contributed by atoms with Crippen LogP contribution in [0.5, 0.6) is 5.75 Å². The molecular weight excluding hydrogens is 532 g/mol. The first-order valence-corrected chi connectivity index (χ1v) is 16.0. The Balaban J connectivity index is 1.56. The Morgan fingerprint density at radius 2 is 1.88 bits per heavy atom. The average molecular weight is 577 g/mol. The minimum absolute atomic E-state index is 0.0550. The predicted molar refractivity (Wildman–Crippen MR) is 151 cm³/mol. The fraction of sp³-hybridized carbons (Fsp3) is 0.690. The number of hydrogen-bond acceptors (Lipinski definition) is 6. The molecule has 3 amide bonds. The van der Waals surface area contributed by atoms with Gasteiger partial charge in [0.15, 0.2) is 0 Å². The Bertz CT molecular complexity index is 1220. The number of ether oxygens (including phenoxy) is 1. The molecule has 3 heterocycles. The van der Waals surface area contributed by atoms with Gasteiger partial charge in [-0.05, 0) is 74.0 Å². The molecule has 3 aliphatic rings. The van der Waals surface area contributed by atoms with Crippen LogP contribution in [-0.4, -0.2) is 74.8 Å². The summed E-state index contributed by atoms with van der Waals surface area (Å²) >= 11 is 0. The van der Waals surface area contributed by atoms with E-state index in [-0.39, 0.29) is 63.8 Å². The highest BCUT2D eigenvalue weighted by Gasteiger charge is 2.44. The summed E-state index contributed by atoms with van der Waals surface area (Å²) in [6.45, 7) is 7.85. The topological polar surface area (TPSA) is 139 Å². The number of sulfonamides is 1. The number of likely N-dealkylation sites (tertiary alicyclic amines) is 1. The van der Waals surface area contributed by atoms with Crippen molar-refractivity contribution in [3.05, 3.63) is 23.8 Å². The highest BCUT2D eigenvalue weighted by Crippen LogP contribution is 2.37. The molecule has 2 bridgehead atoms. The Morgan fingerprint density at radius 1 is 1.12 bits per heavy atom. The summed E-state index contributed by atoms with van der Waals surface area (Å²) in [5.74, 6) is 0.921. The molecule has 3 aliphatic heterocycles. The summed E-state index contributed by atoms with van der Waals surface area (Å²) in [4.78, 5) is 43.7. The molecule has 3 N–H and O–H groups in total. The van der Waals surface area contributed by atoms with Crippen molar-refractivity contribution < 1.29 is 27.5 Å². The van der Waals surface area contributed by atoms with Crippen LogP contribution >= 0.6 is 0 Å². The fourth-order valence-corrected chi connectivity index (χ4v) is 7.22. The van der Waals surface area contributed by atoms with Crippen molar-refractivity contribution in [3.63, 3.8) is 0 Å². The summed E-state index contributed by atoms with van der Waals surface area (Å²) in [5, 5.41) is 8.54. The first kappa shape index (κ1) is 30.3. The second kappa shape index (κ2) is 12.5. The van der Waals surface area contributed by atoms with Crippen LogP contribution in [0.2, 0.25) is 0 Å². The predicted octanol–water partition coefficient (Wildman–Crippen LogP) is 2.76. The largest absolute Gasteiger partial charge is 0.496 e. The van der Waals surface area contributed by atoms with Crippen molar-refractivity contribution >= 4 is 27.7 Å². The van der Waals surface area contributed by atoms with Crippen molar-refractivity contribution in [3.8, 4) is 5.75 Å². The van der Waals surface area contributed by atoms with Gasteiger partial charge in [-0.1, -0.05) is 20.8 Å². The molecule has 5 atom stereocenters. The van der Waals surface area contributed by atoms with Crippen molar-refractivity contribution in [1.29, 1.82) is 0 Å². The molecule has 40 heavy (non-hydrogen) atoms. The zero-order valence-corrected chi connectivity index (χ0v) is 24.9. The number of hydrogen-bond donors (Lipinski definition) is 2. The minimum atomic E-state index is -3.99. The van der Waals surface area contributed by atoms with Crippen LogP contribution in [0, 0.1) is 23.7 Å². The number of amides is 3. The first-order chi connectivity index (χ1) is 18.9. The molecule has 0 spiro atoms. The van der Waals surface area contributed by atoms with Crippen LogP contribution in [0.1, 0.15) is 76.1 Å². The number of methoxy groups -OCH3 is 1. The lowest BCUT2D eigenvalue weighted by Crippen LogP contribution is -2.60. The maximum atomic E-state index is 13.7. The quantitative estimate of drug-likeness (QED) is 0.565. The normalized spacial score (nSPS) is 28.6. The van der Waals surface area contributed by atoms with Gasteiger partial charge in [0.05, 0.1) is 17.6 Å². The second-order valence-electron chi connectivity index (χ2n) is 12.3. The van der Waals surface area contributed by atoms with Gasteiger partial charge in [0, 0.05) is 44.6 Å². The molecule has 0 radical (unpaired) electrons. The maximum absolute atomic E-state index is 13.7. The number of fused-ring (bicyclic) bond motifs is 4. The Hall–Kier alpha value is -2.66. The molecule has 0 saturated carbocycles. The number of rotatable bonds is 4. The van der Waals surface area contributed by atoms with Crippen LogP contribution < -0.4 is 15.2 Å². The number of nitrogens with two attached hydrogens (primary N) is 1. The number of carbonyl (C=O) groups is 3. The molecule has 4 rings (SSSR count). The second-order valence-corrected chi connectivity index (χ2v) is 13.9. The summed E-state index contributed by atoms with van der Waals surface area (Å²) < 4.78 is 29.3. The van der Waals surface area contributed by atoms with E-state index < -0.39 is 10.0 Å². The molecule has 0 aromatic heterocycles. The van der Waals surface area contributed by atoms with Gasteiger partial charge >= 0.3 is 0 Å². The third kappa shape index (κ3) is 6.97. The van der Waals surface area contributed by atoms with Gasteiger partial charge in [0.25, 0.3) is 5.91 Å². The lowest BCUT2D eigenvalue weighted by molar-refractivity contribution is -0.141. The van der Waals surface area contributed by atoms with E-state index in [2.05, 4.69) is 26.1 Å². The van der Waals surface area contributed by atoms with Gasteiger partial charge < -0.3 is 19.9 Å². The summed E-state index contributed by atoms with van der Waals surface area (Å²) in [6, 6.07) is 4.10. The van der Waals surface area contributed by atoms with Gasteiger partial charge in [-0.3, -0.25) is 14.4 Å². The number of primary sulfonamides is 1. The monoisotopic (exact) mass is 576 g/mol. The number of carbonyl (C=O) groups excluding carboxylic acids is 3. The van der Waals surface area contributed by atoms with E-state index in [1.54, 1.807) is 4.90 Å². The molecular formula is C29H44N4O6S. The van der Waals surface area contributed by atoms with E-state index >= 15 is 0 Å². The molecule has 3 saturated heterocycles. The first-order valence-electron chi connectivity index (χ1n) is 14.5. The van der Waals surface area contributed by atoms with Crippen molar-refractivity contribution in [2.75, 3.05) is 26.7 Å². The summed E-state index contributed by atoms with van der Waals surface area (Å²) in [6.07, 6.45) is 4.90. The molecule has 3 fully saturated rings. The molecule has 1 aromatic carbocycles. The zero-order chi connectivity index (χ0) is 29.2. The van der Waals surface area contributed by atoms with Crippen LogP contribution in [-0.2, 0) is 19.6 Å². The summed E-state index contributed by atoms with van der Waals surface area (Å²) in [5.41, 5.74) is 0.155.